The van der Waals surface area contributed by atoms with Crippen molar-refractivity contribution in [3.63, 3.8) is 0 Å². The van der Waals surface area contributed by atoms with Gasteiger partial charge in [-0.2, -0.15) is 18.3 Å². The van der Waals surface area contributed by atoms with Gasteiger partial charge in [0.25, 0.3) is 0 Å². The molecule has 114 valence electrons. The van der Waals surface area contributed by atoms with Crippen molar-refractivity contribution in [2.45, 2.75) is 26.2 Å². The lowest BCUT2D eigenvalue weighted by atomic mass is 10.2. The van der Waals surface area contributed by atoms with E-state index in [0.717, 1.165) is 16.8 Å². The van der Waals surface area contributed by atoms with Crippen molar-refractivity contribution in [2.75, 3.05) is 6.61 Å². The number of ether oxygens (including phenoxy) is 1. The molecule has 0 fully saturated rings. The first-order valence-corrected chi connectivity index (χ1v) is 6.42. The fourth-order valence-electron chi connectivity index (χ4n) is 1.76. The topological polar surface area (TPSA) is 49.9 Å². The summed E-state index contributed by atoms with van der Waals surface area (Å²) in [5.41, 5.74) is 3.06. The number of aromatic nitrogens is 2. The Bertz CT molecular complexity index is 564. The molecule has 0 saturated heterocycles. The maximum atomic E-state index is 12.0. The molecule has 2 rings (SSSR count). The van der Waals surface area contributed by atoms with Gasteiger partial charge in [-0.05, 0) is 24.6 Å². The summed E-state index contributed by atoms with van der Waals surface area (Å²) in [6.07, 6.45) is -2.56. The van der Waals surface area contributed by atoms with E-state index in [2.05, 4.69) is 20.3 Å². The lowest BCUT2D eigenvalue weighted by molar-refractivity contribution is -0.153. The first kappa shape index (κ1) is 15.4. The summed E-state index contributed by atoms with van der Waals surface area (Å²) in [4.78, 5) is 0. The number of rotatable bonds is 6. The van der Waals surface area contributed by atoms with Crippen molar-refractivity contribution in [3.8, 4) is 5.75 Å². The van der Waals surface area contributed by atoms with Gasteiger partial charge in [-0.25, -0.2) is 0 Å². The Balaban J connectivity index is 1.78. The fraction of sp³-hybridized carbons (Fsp3) is 0.357. The van der Waals surface area contributed by atoms with Crippen LogP contribution in [0.3, 0.4) is 0 Å². The van der Waals surface area contributed by atoms with Gasteiger partial charge in [0.2, 0.25) is 0 Å². The molecule has 0 bridgehead atoms. The average Bonchev–Trinajstić information content (AvgIpc) is 2.83. The Morgan fingerprint density at radius 1 is 1.19 bits per heavy atom. The predicted octanol–water partition coefficient (Wildman–Crippen LogP) is 2.95. The summed E-state index contributed by atoms with van der Waals surface area (Å²) in [5, 5.41) is 10.0. The van der Waals surface area contributed by atoms with E-state index in [1.807, 2.05) is 6.92 Å². The minimum absolute atomic E-state index is 0.210. The minimum atomic E-state index is -4.32. The molecule has 2 N–H and O–H groups in total. The van der Waals surface area contributed by atoms with Crippen LogP contribution in [-0.2, 0) is 13.1 Å². The zero-order valence-electron chi connectivity index (χ0n) is 11.5. The molecule has 21 heavy (non-hydrogen) atoms. The molecule has 0 aliphatic rings. The van der Waals surface area contributed by atoms with E-state index in [1.165, 1.54) is 12.1 Å². The van der Waals surface area contributed by atoms with E-state index in [4.69, 9.17) is 0 Å². The van der Waals surface area contributed by atoms with Crippen LogP contribution < -0.4 is 10.1 Å². The molecule has 7 heteroatoms. The molecule has 0 aliphatic carbocycles. The van der Waals surface area contributed by atoms with Gasteiger partial charge in [-0.3, -0.25) is 5.10 Å². The van der Waals surface area contributed by atoms with Gasteiger partial charge in [0.05, 0.1) is 6.20 Å². The van der Waals surface area contributed by atoms with E-state index in [0.29, 0.717) is 13.1 Å². The first-order valence-electron chi connectivity index (χ1n) is 6.42. The lowest BCUT2D eigenvalue weighted by Crippen LogP contribution is -2.19. The minimum Gasteiger partial charge on any atom is -0.484 e. The molecule has 0 radical (unpaired) electrons. The molecule has 0 unspecified atom stereocenters. The van der Waals surface area contributed by atoms with Crippen molar-refractivity contribution in [1.82, 2.24) is 15.5 Å². The van der Waals surface area contributed by atoms with Gasteiger partial charge < -0.3 is 10.1 Å². The number of halogens is 3. The largest absolute Gasteiger partial charge is 0.484 e. The highest BCUT2D eigenvalue weighted by Gasteiger charge is 2.28. The van der Waals surface area contributed by atoms with E-state index in [-0.39, 0.29) is 5.75 Å². The Morgan fingerprint density at radius 2 is 1.90 bits per heavy atom. The molecular formula is C14H16F3N3O. The van der Waals surface area contributed by atoms with Crippen molar-refractivity contribution in [3.05, 3.63) is 47.3 Å². The molecule has 1 heterocycles. The molecule has 0 saturated carbocycles. The van der Waals surface area contributed by atoms with Crippen molar-refractivity contribution >= 4 is 0 Å². The number of benzene rings is 1. The number of nitrogens with one attached hydrogen (secondary N) is 2. The number of hydrogen-bond acceptors (Lipinski definition) is 3. The van der Waals surface area contributed by atoms with Gasteiger partial charge in [0.15, 0.2) is 6.61 Å². The lowest BCUT2D eigenvalue weighted by Gasteiger charge is -2.10. The van der Waals surface area contributed by atoms with E-state index in [1.54, 1.807) is 18.3 Å². The standard InChI is InChI=1S/C14H16F3N3O/c1-10-12(8-19-20-10)7-18-6-11-2-4-13(5-3-11)21-9-14(15,16)17/h2-5,8,18H,6-7,9H2,1H3,(H,19,20). The SMILES string of the molecule is Cc1[nH]ncc1CNCc1ccc(OCC(F)(F)F)cc1. The van der Waals surface area contributed by atoms with Gasteiger partial charge in [0, 0.05) is 24.3 Å². The number of hydrogen-bond donors (Lipinski definition) is 2. The highest BCUT2D eigenvalue weighted by atomic mass is 19.4. The zero-order valence-corrected chi connectivity index (χ0v) is 11.5. The van der Waals surface area contributed by atoms with Gasteiger partial charge >= 0.3 is 6.18 Å². The van der Waals surface area contributed by atoms with Crippen LogP contribution >= 0.6 is 0 Å². The normalized spacial score (nSPS) is 11.6. The Morgan fingerprint density at radius 3 is 2.48 bits per heavy atom. The van der Waals surface area contributed by atoms with Crippen LogP contribution in [0.4, 0.5) is 13.2 Å². The van der Waals surface area contributed by atoms with Gasteiger partial charge in [-0.15, -0.1) is 0 Å². The third kappa shape index (κ3) is 5.11. The average molecular weight is 299 g/mol. The van der Waals surface area contributed by atoms with Crippen LogP contribution in [0.25, 0.3) is 0 Å². The summed E-state index contributed by atoms with van der Waals surface area (Å²) >= 11 is 0. The molecule has 0 spiro atoms. The molecule has 2 aromatic rings. The fourth-order valence-corrected chi connectivity index (χ4v) is 1.76. The monoisotopic (exact) mass is 299 g/mol. The van der Waals surface area contributed by atoms with Gasteiger partial charge in [-0.1, -0.05) is 12.1 Å². The number of aromatic amines is 1. The maximum absolute atomic E-state index is 12.0. The third-order valence-corrected chi connectivity index (χ3v) is 2.90. The number of H-pyrrole nitrogens is 1. The smallest absolute Gasteiger partial charge is 0.422 e. The van der Waals surface area contributed by atoms with Crippen molar-refractivity contribution in [1.29, 1.82) is 0 Å². The molecular weight excluding hydrogens is 283 g/mol. The summed E-state index contributed by atoms with van der Waals surface area (Å²) in [7, 11) is 0. The van der Waals surface area contributed by atoms with E-state index in [9.17, 15) is 13.2 Å². The molecule has 0 amide bonds. The molecule has 1 aromatic heterocycles. The predicted molar refractivity (Wildman–Crippen MR) is 71.9 cm³/mol. The molecule has 0 atom stereocenters. The summed E-state index contributed by atoms with van der Waals surface area (Å²) in [6.45, 7) is 1.96. The molecule has 1 aromatic carbocycles. The van der Waals surface area contributed by atoms with Gasteiger partial charge in [0.1, 0.15) is 5.75 Å². The Labute approximate surface area is 120 Å². The second-order valence-electron chi connectivity index (χ2n) is 4.67. The number of alkyl halides is 3. The highest BCUT2D eigenvalue weighted by molar-refractivity contribution is 5.27. The quantitative estimate of drug-likeness (QED) is 0.862. The highest BCUT2D eigenvalue weighted by Crippen LogP contribution is 2.18. The molecule has 4 nitrogen and oxygen atoms in total. The summed E-state index contributed by atoms with van der Waals surface area (Å²) < 4.78 is 40.7. The Hall–Kier alpha value is -2.02. The molecule has 0 aliphatic heterocycles. The van der Waals surface area contributed by atoms with Crippen molar-refractivity contribution in [2.24, 2.45) is 0 Å². The Kier molecular flexibility index (Phi) is 4.85. The summed E-state index contributed by atoms with van der Waals surface area (Å²) in [5.74, 6) is 0.210. The second kappa shape index (κ2) is 6.62. The summed E-state index contributed by atoms with van der Waals surface area (Å²) in [6, 6.07) is 6.54. The zero-order chi connectivity index (χ0) is 15.3. The van der Waals surface area contributed by atoms with Crippen LogP contribution in [0.1, 0.15) is 16.8 Å². The number of aryl methyl sites for hydroxylation is 1. The van der Waals surface area contributed by atoms with Crippen LogP contribution in [0.2, 0.25) is 0 Å². The number of nitrogens with zero attached hydrogens (tertiary/aromatic N) is 1. The van der Waals surface area contributed by atoms with Crippen LogP contribution in [-0.4, -0.2) is 23.0 Å². The second-order valence-corrected chi connectivity index (χ2v) is 4.67. The van der Waals surface area contributed by atoms with Crippen LogP contribution in [0, 0.1) is 6.92 Å². The van der Waals surface area contributed by atoms with Crippen LogP contribution in [0.5, 0.6) is 5.75 Å². The van der Waals surface area contributed by atoms with Crippen LogP contribution in [0.15, 0.2) is 30.5 Å². The van der Waals surface area contributed by atoms with Crippen molar-refractivity contribution < 1.29 is 17.9 Å². The van der Waals surface area contributed by atoms with E-state index >= 15 is 0 Å². The first-order chi connectivity index (χ1) is 9.94. The van der Waals surface area contributed by atoms with E-state index < -0.39 is 12.8 Å². The maximum Gasteiger partial charge on any atom is 0.422 e. The third-order valence-electron chi connectivity index (χ3n) is 2.90.